The van der Waals surface area contributed by atoms with E-state index in [-0.39, 0.29) is 0 Å². The Morgan fingerprint density at radius 2 is 2.11 bits per heavy atom. The second-order valence-corrected chi connectivity index (χ2v) is 4.53. The van der Waals surface area contributed by atoms with E-state index in [1.165, 1.54) is 0 Å². The average molecular weight is 256 g/mol. The molecule has 0 saturated carbocycles. The van der Waals surface area contributed by atoms with Crippen LogP contribution in [-0.2, 0) is 20.0 Å². The summed E-state index contributed by atoms with van der Waals surface area (Å²) in [5, 5.41) is 13.9. The SMILES string of the molecule is Cn1nc(Cn2cc(CCN)nn2)c2ccccc21. The molecule has 0 spiro atoms. The molecule has 1 aromatic carbocycles. The quantitative estimate of drug-likeness (QED) is 0.746. The predicted molar refractivity (Wildman–Crippen MR) is 72.6 cm³/mol. The minimum Gasteiger partial charge on any atom is -0.330 e. The number of hydrogen-bond donors (Lipinski definition) is 1. The Morgan fingerprint density at radius 1 is 1.26 bits per heavy atom. The Kier molecular flexibility index (Phi) is 3.00. The van der Waals surface area contributed by atoms with Gasteiger partial charge in [0, 0.05) is 25.1 Å². The molecule has 6 nitrogen and oxygen atoms in total. The van der Waals surface area contributed by atoms with Crippen molar-refractivity contribution in [3.8, 4) is 0 Å². The molecule has 0 aliphatic carbocycles. The Balaban J connectivity index is 1.92. The highest BCUT2D eigenvalue weighted by Gasteiger charge is 2.09. The van der Waals surface area contributed by atoms with Crippen LogP contribution in [0.5, 0.6) is 0 Å². The molecule has 0 amide bonds. The first-order chi connectivity index (χ1) is 9.28. The fourth-order valence-corrected chi connectivity index (χ4v) is 2.24. The van der Waals surface area contributed by atoms with Crippen LogP contribution in [0.2, 0.25) is 0 Å². The summed E-state index contributed by atoms with van der Waals surface area (Å²) >= 11 is 0. The average Bonchev–Trinajstić information content (AvgIpc) is 2.97. The van der Waals surface area contributed by atoms with E-state index in [1.54, 1.807) is 4.68 Å². The maximum Gasteiger partial charge on any atom is 0.0918 e. The Bertz CT molecular complexity index is 696. The number of para-hydroxylation sites is 1. The molecule has 0 aliphatic heterocycles. The summed E-state index contributed by atoms with van der Waals surface area (Å²) in [5.74, 6) is 0. The van der Waals surface area contributed by atoms with E-state index in [2.05, 4.69) is 27.5 Å². The smallest absolute Gasteiger partial charge is 0.0918 e. The van der Waals surface area contributed by atoms with E-state index in [0.29, 0.717) is 13.1 Å². The summed E-state index contributed by atoms with van der Waals surface area (Å²) in [6.45, 7) is 1.21. The van der Waals surface area contributed by atoms with Crippen LogP contribution in [0.4, 0.5) is 0 Å². The topological polar surface area (TPSA) is 74.5 Å². The first kappa shape index (κ1) is 11.9. The number of nitrogens with zero attached hydrogens (tertiary/aromatic N) is 5. The van der Waals surface area contributed by atoms with Crippen LogP contribution in [0.25, 0.3) is 10.9 Å². The molecule has 2 N–H and O–H groups in total. The first-order valence-electron chi connectivity index (χ1n) is 6.27. The largest absolute Gasteiger partial charge is 0.330 e. The Morgan fingerprint density at radius 3 is 2.95 bits per heavy atom. The van der Waals surface area contributed by atoms with Crippen molar-refractivity contribution in [1.29, 1.82) is 0 Å². The molecule has 0 fully saturated rings. The van der Waals surface area contributed by atoms with Gasteiger partial charge in [0.25, 0.3) is 0 Å². The zero-order valence-electron chi connectivity index (χ0n) is 10.8. The van der Waals surface area contributed by atoms with Crippen molar-refractivity contribution < 1.29 is 0 Å². The van der Waals surface area contributed by atoms with Crippen LogP contribution in [0.3, 0.4) is 0 Å². The van der Waals surface area contributed by atoms with Gasteiger partial charge in [-0.05, 0) is 12.6 Å². The molecule has 0 atom stereocenters. The number of aryl methyl sites for hydroxylation is 1. The van der Waals surface area contributed by atoms with Crippen molar-refractivity contribution in [3.05, 3.63) is 41.9 Å². The van der Waals surface area contributed by atoms with Gasteiger partial charge in [-0.1, -0.05) is 23.4 Å². The fourth-order valence-electron chi connectivity index (χ4n) is 2.24. The van der Waals surface area contributed by atoms with Crippen molar-refractivity contribution >= 4 is 10.9 Å². The summed E-state index contributed by atoms with van der Waals surface area (Å²) < 4.78 is 3.70. The molecule has 0 unspecified atom stereocenters. The molecule has 3 aromatic rings. The molecule has 0 aliphatic rings. The highest BCUT2D eigenvalue weighted by Crippen LogP contribution is 2.18. The molecule has 2 aromatic heterocycles. The van der Waals surface area contributed by atoms with Crippen molar-refractivity contribution in [2.45, 2.75) is 13.0 Å². The fraction of sp³-hybridized carbons (Fsp3) is 0.308. The molecular weight excluding hydrogens is 240 g/mol. The van der Waals surface area contributed by atoms with Gasteiger partial charge in [-0.3, -0.25) is 4.68 Å². The number of benzene rings is 1. The van der Waals surface area contributed by atoms with E-state index in [1.807, 2.05) is 30.1 Å². The third kappa shape index (κ3) is 2.22. The molecule has 19 heavy (non-hydrogen) atoms. The van der Waals surface area contributed by atoms with E-state index < -0.39 is 0 Å². The van der Waals surface area contributed by atoms with E-state index in [0.717, 1.165) is 28.7 Å². The maximum atomic E-state index is 5.51. The predicted octanol–water partition coefficient (Wildman–Crippen LogP) is 0.714. The van der Waals surface area contributed by atoms with Crippen LogP contribution in [-0.4, -0.2) is 31.3 Å². The van der Waals surface area contributed by atoms with Crippen LogP contribution in [0.15, 0.2) is 30.5 Å². The third-order valence-corrected chi connectivity index (χ3v) is 3.13. The summed E-state index contributed by atoms with van der Waals surface area (Å²) in [5.41, 5.74) is 8.55. The lowest BCUT2D eigenvalue weighted by Gasteiger charge is -1.96. The lowest BCUT2D eigenvalue weighted by Crippen LogP contribution is -2.03. The van der Waals surface area contributed by atoms with Gasteiger partial charge >= 0.3 is 0 Å². The third-order valence-electron chi connectivity index (χ3n) is 3.13. The zero-order valence-corrected chi connectivity index (χ0v) is 10.8. The normalized spacial score (nSPS) is 11.3. The molecule has 0 radical (unpaired) electrons. The van der Waals surface area contributed by atoms with E-state index in [4.69, 9.17) is 5.73 Å². The van der Waals surface area contributed by atoms with Crippen LogP contribution >= 0.6 is 0 Å². The Labute approximate surface area is 110 Å². The van der Waals surface area contributed by atoms with Gasteiger partial charge in [-0.15, -0.1) is 5.10 Å². The standard InChI is InChI=1S/C13H16N6/c1-18-13-5-3-2-4-11(13)12(16-18)9-19-8-10(6-7-14)15-17-19/h2-5,8H,6-7,9,14H2,1H3. The molecule has 3 rings (SSSR count). The summed E-state index contributed by atoms with van der Waals surface area (Å²) in [7, 11) is 1.95. The lowest BCUT2D eigenvalue weighted by atomic mass is 10.2. The summed E-state index contributed by atoms with van der Waals surface area (Å²) in [6, 6.07) is 8.18. The van der Waals surface area contributed by atoms with Crippen LogP contribution in [0, 0.1) is 0 Å². The van der Waals surface area contributed by atoms with Gasteiger partial charge in [-0.25, -0.2) is 4.68 Å². The van der Waals surface area contributed by atoms with Gasteiger partial charge in [-0.2, -0.15) is 5.10 Å². The molecule has 98 valence electrons. The zero-order chi connectivity index (χ0) is 13.2. The molecule has 0 bridgehead atoms. The second-order valence-electron chi connectivity index (χ2n) is 4.53. The van der Waals surface area contributed by atoms with Gasteiger partial charge < -0.3 is 5.73 Å². The monoisotopic (exact) mass is 256 g/mol. The van der Waals surface area contributed by atoms with E-state index in [9.17, 15) is 0 Å². The molecule has 6 heteroatoms. The van der Waals surface area contributed by atoms with Crippen molar-refractivity contribution in [1.82, 2.24) is 24.8 Å². The van der Waals surface area contributed by atoms with Crippen molar-refractivity contribution in [2.24, 2.45) is 12.8 Å². The van der Waals surface area contributed by atoms with E-state index >= 15 is 0 Å². The molecular formula is C13H16N6. The maximum absolute atomic E-state index is 5.51. The first-order valence-corrected chi connectivity index (χ1v) is 6.27. The number of nitrogens with two attached hydrogens (primary N) is 1. The number of fused-ring (bicyclic) bond motifs is 1. The summed E-state index contributed by atoms with van der Waals surface area (Å²) in [6.07, 6.45) is 2.68. The van der Waals surface area contributed by atoms with Gasteiger partial charge in [0.05, 0.1) is 23.4 Å². The minimum absolute atomic E-state index is 0.589. The Hall–Kier alpha value is -2.21. The van der Waals surface area contributed by atoms with Crippen molar-refractivity contribution in [3.63, 3.8) is 0 Å². The number of aromatic nitrogens is 5. The number of rotatable bonds is 4. The van der Waals surface area contributed by atoms with Gasteiger partial charge in [0.15, 0.2) is 0 Å². The highest BCUT2D eigenvalue weighted by atomic mass is 15.4. The summed E-state index contributed by atoms with van der Waals surface area (Å²) in [4.78, 5) is 0. The lowest BCUT2D eigenvalue weighted by molar-refractivity contribution is 0.627. The van der Waals surface area contributed by atoms with Crippen molar-refractivity contribution in [2.75, 3.05) is 6.54 Å². The minimum atomic E-state index is 0.589. The van der Waals surface area contributed by atoms with Crippen LogP contribution < -0.4 is 5.73 Å². The second kappa shape index (κ2) is 4.81. The number of hydrogen-bond acceptors (Lipinski definition) is 4. The van der Waals surface area contributed by atoms with Gasteiger partial charge in [0.1, 0.15) is 0 Å². The molecule has 2 heterocycles. The molecule has 0 saturated heterocycles. The van der Waals surface area contributed by atoms with Gasteiger partial charge in [0.2, 0.25) is 0 Å². The highest BCUT2D eigenvalue weighted by molar-refractivity contribution is 5.81. The van der Waals surface area contributed by atoms with Crippen LogP contribution in [0.1, 0.15) is 11.4 Å².